The molecule has 0 radical (unpaired) electrons. The largest absolute Gasteiger partial charge is 0.432 e. The molecule has 0 saturated carbocycles. The van der Waals surface area contributed by atoms with Gasteiger partial charge in [0.2, 0.25) is 0 Å². The molecule has 0 fully saturated rings. The molecule has 7 heteroatoms. The van der Waals surface area contributed by atoms with Gasteiger partial charge in [-0.3, -0.25) is 0 Å². The Kier molecular flexibility index (Phi) is 4.79. The van der Waals surface area contributed by atoms with Gasteiger partial charge in [0.1, 0.15) is 18.5 Å². The van der Waals surface area contributed by atoms with E-state index in [1.807, 2.05) is 6.07 Å². The van der Waals surface area contributed by atoms with Gasteiger partial charge in [0.05, 0.1) is 5.56 Å². The summed E-state index contributed by atoms with van der Waals surface area (Å²) in [6.07, 6.45) is -3.45. The first-order valence-corrected chi connectivity index (χ1v) is 6.80. The highest BCUT2D eigenvalue weighted by molar-refractivity contribution is 6.30. The lowest BCUT2D eigenvalue weighted by molar-refractivity contribution is -0.145. The van der Waals surface area contributed by atoms with Crippen LogP contribution in [0.15, 0.2) is 30.5 Å². The Morgan fingerprint density at radius 2 is 1.91 bits per heavy atom. The monoisotopic (exact) mass is 328 g/mol. The molecule has 0 aliphatic rings. The van der Waals surface area contributed by atoms with Gasteiger partial charge in [-0.25, -0.2) is 0 Å². The topological polar surface area (TPSA) is 38.0 Å². The van der Waals surface area contributed by atoms with Crippen molar-refractivity contribution >= 4 is 11.6 Å². The lowest BCUT2D eigenvalue weighted by Gasteiger charge is -2.14. The van der Waals surface area contributed by atoms with Crippen molar-refractivity contribution < 1.29 is 17.9 Å². The molecule has 0 aliphatic carbocycles. The van der Waals surface area contributed by atoms with Gasteiger partial charge in [-0.2, -0.15) is 18.4 Å². The van der Waals surface area contributed by atoms with Gasteiger partial charge in [-0.15, -0.1) is 0 Å². The molecule has 0 unspecified atom stereocenters. The van der Waals surface area contributed by atoms with E-state index < -0.39 is 11.9 Å². The van der Waals surface area contributed by atoms with Crippen molar-refractivity contribution in [2.45, 2.75) is 19.8 Å². The van der Waals surface area contributed by atoms with Crippen LogP contribution in [0.2, 0.25) is 5.02 Å². The predicted octanol–water partition coefficient (Wildman–Crippen LogP) is 4.69. The van der Waals surface area contributed by atoms with Crippen molar-refractivity contribution in [1.29, 1.82) is 5.26 Å². The van der Waals surface area contributed by atoms with E-state index in [4.69, 9.17) is 21.6 Å². The zero-order chi connectivity index (χ0) is 16.3. The van der Waals surface area contributed by atoms with E-state index in [0.717, 1.165) is 10.8 Å². The molecule has 2 rings (SSSR count). The van der Waals surface area contributed by atoms with Gasteiger partial charge in [0.25, 0.3) is 0 Å². The number of hydrogen-bond donors (Lipinski definition) is 0. The van der Waals surface area contributed by atoms with E-state index in [9.17, 15) is 13.2 Å². The number of nitriles is 1. The molecule has 0 atom stereocenters. The Labute approximate surface area is 130 Å². The van der Waals surface area contributed by atoms with Crippen molar-refractivity contribution in [1.82, 2.24) is 4.57 Å². The highest BCUT2D eigenvalue weighted by Gasteiger charge is 2.39. The Morgan fingerprint density at radius 1 is 1.27 bits per heavy atom. The maximum Gasteiger partial charge on any atom is 0.432 e. The number of rotatable bonds is 4. The van der Waals surface area contributed by atoms with Crippen LogP contribution in [0.25, 0.3) is 11.1 Å². The van der Waals surface area contributed by atoms with E-state index in [1.165, 1.54) is 24.3 Å². The molecule has 1 aromatic heterocycles. The first-order valence-electron chi connectivity index (χ1n) is 6.42. The van der Waals surface area contributed by atoms with Gasteiger partial charge in [0, 0.05) is 23.4 Å². The number of hydrogen-bond acceptors (Lipinski definition) is 2. The van der Waals surface area contributed by atoms with Crippen LogP contribution in [0.3, 0.4) is 0 Å². The minimum absolute atomic E-state index is 0.0608. The van der Waals surface area contributed by atoms with E-state index in [-0.39, 0.29) is 30.0 Å². The summed E-state index contributed by atoms with van der Waals surface area (Å²) >= 11 is 5.76. The van der Waals surface area contributed by atoms with Gasteiger partial charge < -0.3 is 9.30 Å². The fraction of sp³-hybridized carbons (Fsp3) is 0.267. The molecule has 22 heavy (non-hydrogen) atoms. The molecular formula is C15H12ClF3N2O. The van der Waals surface area contributed by atoms with Crippen molar-refractivity contribution in [3.8, 4) is 17.2 Å². The molecular weight excluding hydrogens is 317 g/mol. The SMILES string of the molecule is CCOCn1cc(C#N)c(-c2ccc(Cl)cc2)c1C(F)(F)F. The number of halogens is 4. The fourth-order valence-electron chi connectivity index (χ4n) is 2.15. The average Bonchev–Trinajstić information content (AvgIpc) is 2.84. The Bertz CT molecular complexity index is 699. The number of ether oxygens (including phenoxy) is 1. The summed E-state index contributed by atoms with van der Waals surface area (Å²) in [6, 6.07) is 7.69. The van der Waals surface area contributed by atoms with Crippen LogP contribution in [-0.4, -0.2) is 11.2 Å². The van der Waals surface area contributed by atoms with Crippen molar-refractivity contribution in [3.05, 3.63) is 46.7 Å². The minimum Gasteiger partial charge on any atom is -0.361 e. The number of benzene rings is 1. The molecule has 1 aromatic carbocycles. The highest BCUT2D eigenvalue weighted by atomic mass is 35.5. The van der Waals surface area contributed by atoms with Gasteiger partial charge >= 0.3 is 6.18 Å². The third-order valence-electron chi connectivity index (χ3n) is 3.03. The molecule has 0 amide bonds. The normalized spacial score (nSPS) is 11.5. The summed E-state index contributed by atoms with van der Waals surface area (Å²) in [7, 11) is 0. The maximum atomic E-state index is 13.4. The van der Waals surface area contributed by atoms with Gasteiger partial charge in [-0.05, 0) is 24.6 Å². The maximum absolute atomic E-state index is 13.4. The molecule has 2 aromatic rings. The summed E-state index contributed by atoms with van der Waals surface area (Å²) in [5.41, 5.74) is -0.843. The van der Waals surface area contributed by atoms with Gasteiger partial charge in [-0.1, -0.05) is 23.7 Å². The van der Waals surface area contributed by atoms with Crippen molar-refractivity contribution in [2.75, 3.05) is 6.61 Å². The first-order chi connectivity index (χ1) is 10.4. The average molecular weight is 329 g/mol. The third-order valence-corrected chi connectivity index (χ3v) is 3.29. The second-order valence-electron chi connectivity index (χ2n) is 4.47. The standard InChI is InChI=1S/C15H12ClF3N2O/c1-2-22-9-21-8-11(7-20)13(14(21)15(17,18)19)10-3-5-12(16)6-4-10/h3-6,8H,2,9H2,1H3. The molecule has 0 spiro atoms. The smallest absolute Gasteiger partial charge is 0.361 e. The highest BCUT2D eigenvalue weighted by Crippen LogP contribution is 2.40. The van der Waals surface area contributed by atoms with E-state index in [1.54, 1.807) is 6.92 Å². The van der Waals surface area contributed by atoms with E-state index >= 15 is 0 Å². The molecule has 0 bridgehead atoms. The fourth-order valence-corrected chi connectivity index (χ4v) is 2.27. The Hall–Kier alpha value is -1.97. The van der Waals surface area contributed by atoms with Crippen molar-refractivity contribution in [3.63, 3.8) is 0 Å². The summed E-state index contributed by atoms with van der Waals surface area (Å²) in [4.78, 5) is 0. The Balaban J connectivity index is 2.67. The quantitative estimate of drug-likeness (QED) is 0.816. The van der Waals surface area contributed by atoms with Crippen LogP contribution in [0.1, 0.15) is 18.2 Å². The zero-order valence-electron chi connectivity index (χ0n) is 11.6. The first kappa shape index (κ1) is 16.4. The van der Waals surface area contributed by atoms with E-state index in [0.29, 0.717) is 5.02 Å². The molecule has 0 aliphatic heterocycles. The number of aromatic nitrogens is 1. The molecule has 1 heterocycles. The van der Waals surface area contributed by atoms with Gasteiger partial charge in [0.15, 0.2) is 0 Å². The molecule has 0 saturated heterocycles. The summed E-state index contributed by atoms with van der Waals surface area (Å²) < 4.78 is 46.3. The second-order valence-corrected chi connectivity index (χ2v) is 4.91. The van der Waals surface area contributed by atoms with Crippen LogP contribution in [0.4, 0.5) is 13.2 Å². The van der Waals surface area contributed by atoms with Crippen molar-refractivity contribution in [2.24, 2.45) is 0 Å². The summed E-state index contributed by atoms with van der Waals surface area (Å²) in [6.45, 7) is 1.68. The van der Waals surface area contributed by atoms with Crippen LogP contribution in [-0.2, 0) is 17.6 Å². The summed E-state index contributed by atoms with van der Waals surface area (Å²) in [5, 5.41) is 9.57. The third kappa shape index (κ3) is 3.26. The minimum atomic E-state index is -4.61. The predicted molar refractivity (Wildman–Crippen MR) is 76.2 cm³/mol. The zero-order valence-corrected chi connectivity index (χ0v) is 12.4. The van der Waals surface area contributed by atoms with E-state index in [2.05, 4.69) is 0 Å². The van der Waals surface area contributed by atoms with Crippen LogP contribution in [0.5, 0.6) is 0 Å². The van der Waals surface area contributed by atoms with Crippen LogP contribution in [0, 0.1) is 11.3 Å². The molecule has 116 valence electrons. The summed E-state index contributed by atoms with van der Waals surface area (Å²) in [5.74, 6) is 0. The van der Waals surface area contributed by atoms with Crippen LogP contribution < -0.4 is 0 Å². The van der Waals surface area contributed by atoms with Crippen LogP contribution >= 0.6 is 11.6 Å². The second kappa shape index (κ2) is 6.42. The molecule has 0 N–H and O–H groups in total. The lowest BCUT2D eigenvalue weighted by Crippen LogP contribution is -2.15. The Morgan fingerprint density at radius 3 is 2.41 bits per heavy atom. The number of nitrogens with zero attached hydrogens (tertiary/aromatic N) is 2. The number of alkyl halides is 3. The molecule has 3 nitrogen and oxygen atoms in total. The lowest BCUT2D eigenvalue weighted by atomic mass is 10.0.